The van der Waals surface area contributed by atoms with Gasteiger partial charge in [0.1, 0.15) is 11.5 Å². The molecular weight excluding hydrogens is 304 g/mol. The molecule has 2 N–H and O–H groups in total. The third kappa shape index (κ3) is 2.86. The topological polar surface area (TPSA) is 74.3 Å². The zero-order valence-corrected chi connectivity index (χ0v) is 13.4. The quantitative estimate of drug-likeness (QED) is 0.770. The fourth-order valence-corrected chi connectivity index (χ4v) is 3.17. The highest BCUT2D eigenvalue weighted by Gasteiger charge is 2.21. The molecule has 1 aromatic carbocycles. The Labute approximate surface area is 140 Å². The molecule has 0 bridgehead atoms. The van der Waals surface area contributed by atoms with Gasteiger partial charge in [0.15, 0.2) is 0 Å². The van der Waals surface area contributed by atoms with E-state index in [-0.39, 0.29) is 12.7 Å². The van der Waals surface area contributed by atoms with Crippen LogP contribution < -0.4 is 4.90 Å². The normalized spacial score (nSPS) is 18.2. The van der Waals surface area contributed by atoms with Crippen LogP contribution in [0.3, 0.4) is 0 Å². The van der Waals surface area contributed by atoms with Gasteiger partial charge in [0.2, 0.25) is 0 Å². The monoisotopic (exact) mass is 324 g/mol. The lowest BCUT2D eigenvalue weighted by molar-refractivity contribution is 0.0244. The standard InChI is InChI=1S/C18H20N4O2/c23-9-6-14-12-22(8-10-24-14)17-11-13(5-7-19-17)18-15-3-1-2-4-16(15)20-21-18/h1-5,7,11,14,23H,6,8-10,12H2,(H,20,21). The number of aromatic nitrogens is 3. The summed E-state index contributed by atoms with van der Waals surface area (Å²) in [5, 5.41) is 17.8. The summed E-state index contributed by atoms with van der Waals surface area (Å²) in [7, 11) is 0. The Hall–Kier alpha value is -2.44. The number of aliphatic hydroxyl groups excluding tert-OH is 1. The lowest BCUT2D eigenvalue weighted by Gasteiger charge is -2.33. The van der Waals surface area contributed by atoms with Crippen molar-refractivity contribution in [3.63, 3.8) is 0 Å². The van der Waals surface area contributed by atoms with Crippen LogP contribution in [0.1, 0.15) is 6.42 Å². The molecular formula is C18H20N4O2. The van der Waals surface area contributed by atoms with Gasteiger partial charge in [0.05, 0.1) is 18.2 Å². The van der Waals surface area contributed by atoms with Crippen molar-refractivity contribution in [1.29, 1.82) is 0 Å². The van der Waals surface area contributed by atoms with E-state index in [1.54, 1.807) is 0 Å². The van der Waals surface area contributed by atoms with Crippen molar-refractivity contribution in [3.8, 4) is 11.3 Å². The van der Waals surface area contributed by atoms with Crippen LogP contribution in [0, 0.1) is 0 Å². The van der Waals surface area contributed by atoms with E-state index >= 15 is 0 Å². The van der Waals surface area contributed by atoms with E-state index < -0.39 is 0 Å². The number of aromatic amines is 1. The predicted octanol–water partition coefficient (Wildman–Crippen LogP) is 2.21. The van der Waals surface area contributed by atoms with Crippen LogP contribution >= 0.6 is 0 Å². The summed E-state index contributed by atoms with van der Waals surface area (Å²) < 4.78 is 5.68. The summed E-state index contributed by atoms with van der Waals surface area (Å²) in [5.74, 6) is 0.922. The van der Waals surface area contributed by atoms with Gasteiger partial charge in [-0.3, -0.25) is 5.10 Å². The Morgan fingerprint density at radius 3 is 3.12 bits per heavy atom. The first-order chi connectivity index (χ1) is 11.8. The van der Waals surface area contributed by atoms with Gasteiger partial charge in [-0.15, -0.1) is 0 Å². The lowest BCUT2D eigenvalue weighted by Crippen LogP contribution is -2.43. The molecule has 1 aliphatic heterocycles. The number of aliphatic hydroxyl groups is 1. The molecule has 1 aliphatic rings. The van der Waals surface area contributed by atoms with E-state index in [1.165, 1.54) is 0 Å². The van der Waals surface area contributed by atoms with E-state index in [0.29, 0.717) is 13.0 Å². The van der Waals surface area contributed by atoms with Gasteiger partial charge in [-0.05, 0) is 24.6 Å². The Balaban J connectivity index is 1.64. The fraction of sp³-hybridized carbons (Fsp3) is 0.333. The molecule has 1 unspecified atom stereocenters. The third-order valence-electron chi connectivity index (χ3n) is 4.40. The SMILES string of the molecule is OCCC1CN(c2cc(-c3n[nH]c4ccccc34)ccn2)CCO1. The number of rotatable bonds is 4. The van der Waals surface area contributed by atoms with Crippen molar-refractivity contribution >= 4 is 16.7 Å². The van der Waals surface area contributed by atoms with E-state index in [1.807, 2.05) is 30.5 Å². The molecule has 1 atom stereocenters. The Kier molecular flexibility index (Phi) is 4.15. The number of nitrogens with zero attached hydrogens (tertiary/aromatic N) is 3. The van der Waals surface area contributed by atoms with E-state index in [4.69, 9.17) is 9.84 Å². The first-order valence-corrected chi connectivity index (χ1v) is 8.22. The van der Waals surface area contributed by atoms with Crippen molar-refractivity contribution in [2.24, 2.45) is 0 Å². The number of morpholine rings is 1. The molecule has 0 spiro atoms. The molecule has 6 heteroatoms. The summed E-state index contributed by atoms with van der Waals surface area (Å²) in [6, 6.07) is 12.2. The summed E-state index contributed by atoms with van der Waals surface area (Å²) >= 11 is 0. The van der Waals surface area contributed by atoms with Gasteiger partial charge in [-0.25, -0.2) is 4.98 Å². The maximum absolute atomic E-state index is 9.12. The predicted molar refractivity (Wildman–Crippen MR) is 93.0 cm³/mol. The molecule has 0 amide bonds. The highest BCUT2D eigenvalue weighted by molar-refractivity contribution is 5.93. The van der Waals surface area contributed by atoms with Crippen molar-refractivity contribution in [2.45, 2.75) is 12.5 Å². The first kappa shape index (κ1) is 15.1. The van der Waals surface area contributed by atoms with E-state index in [2.05, 4.69) is 32.2 Å². The number of hydrogen-bond acceptors (Lipinski definition) is 5. The van der Waals surface area contributed by atoms with Crippen molar-refractivity contribution < 1.29 is 9.84 Å². The summed E-state index contributed by atoms with van der Waals surface area (Å²) in [6.45, 7) is 2.35. The molecule has 2 aromatic heterocycles. The summed E-state index contributed by atoms with van der Waals surface area (Å²) in [4.78, 5) is 6.73. The highest BCUT2D eigenvalue weighted by atomic mass is 16.5. The third-order valence-corrected chi connectivity index (χ3v) is 4.40. The van der Waals surface area contributed by atoms with Crippen molar-refractivity contribution in [2.75, 3.05) is 31.2 Å². The zero-order valence-electron chi connectivity index (χ0n) is 13.4. The minimum absolute atomic E-state index is 0.0559. The van der Waals surface area contributed by atoms with Crippen LogP contribution in [0.2, 0.25) is 0 Å². The van der Waals surface area contributed by atoms with Crippen LogP contribution in [0.25, 0.3) is 22.2 Å². The second-order valence-electron chi connectivity index (χ2n) is 5.97. The van der Waals surface area contributed by atoms with Crippen LogP contribution in [0.5, 0.6) is 0 Å². The molecule has 0 saturated carbocycles. The fourth-order valence-electron chi connectivity index (χ4n) is 3.17. The minimum Gasteiger partial charge on any atom is -0.396 e. The first-order valence-electron chi connectivity index (χ1n) is 8.22. The van der Waals surface area contributed by atoms with Gasteiger partial charge in [-0.1, -0.05) is 18.2 Å². The number of anilines is 1. The van der Waals surface area contributed by atoms with Gasteiger partial charge in [0, 0.05) is 36.8 Å². The molecule has 24 heavy (non-hydrogen) atoms. The number of benzene rings is 1. The van der Waals surface area contributed by atoms with Gasteiger partial charge >= 0.3 is 0 Å². The minimum atomic E-state index is 0.0559. The lowest BCUT2D eigenvalue weighted by atomic mass is 10.1. The highest BCUT2D eigenvalue weighted by Crippen LogP contribution is 2.28. The average molecular weight is 324 g/mol. The van der Waals surface area contributed by atoms with Gasteiger partial charge in [-0.2, -0.15) is 5.10 Å². The molecule has 1 saturated heterocycles. The largest absolute Gasteiger partial charge is 0.396 e. The maximum atomic E-state index is 9.12. The van der Waals surface area contributed by atoms with E-state index in [0.717, 1.165) is 41.1 Å². The van der Waals surface area contributed by atoms with Gasteiger partial charge in [0.25, 0.3) is 0 Å². The Morgan fingerprint density at radius 2 is 2.21 bits per heavy atom. The molecule has 0 radical (unpaired) electrons. The molecule has 3 heterocycles. The number of fused-ring (bicyclic) bond motifs is 1. The van der Waals surface area contributed by atoms with Crippen LogP contribution in [-0.2, 0) is 4.74 Å². The smallest absolute Gasteiger partial charge is 0.129 e. The van der Waals surface area contributed by atoms with Crippen LogP contribution in [0.15, 0.2) is 42.6 Å². The number of pyridine rings is 1. The molecule has 4 rings (SSSR count). The number of hydrogen-bond donors (Lipinski definition) is 2. The average Bonchev–Trinajstić information content (AvgIpc) is 3.07. The Morgan fingerprint density at radius 1 is 1.29 bits per heavy atom. The molecule has 124 valence electrons. The zero-order chi connectivity index (χ0) is 16.4. The molecule has 3 aromatic rings. The second kappa shape index (κ2) is 6.59. The van der Waals surface area contributed by atoms with E-state index in [9.17, 15) is 0 Å². The summed E-state index contributed by atoms with van der Waals surface area (Å²) in [5.41, 5.74) is 3.01. The van der Waals surface area contributed by atoms with Crippen molar-refractivity contribution in [1.82, 2.24) is 15.2 Å². The molecule has 0 aliphatic carbocycles. The van der Waals surface area contributed by atoms with Crippen LogP contribution in [-0.4, -0.2) is 52.7 Å². The Bertz CT molecular complexity index is 831. The number of ether oxygens (including phenoxy) is 1. The van der Waals surface area contributed by atoms with Crippen molar-refractivity contribution in [3.05, 3.63) is 42.6 Å². The van der Waals surface area contributed by atoms with Crippen LogP contribution in [0.4, 0.5) is 5.82 Å². The maximum Gasteiger partial charge on any atom is 0.129 e. The molecule has 1 fully saturated rings. The van der Waals surface area contributed by atoms with Gasteiger partial charge < -0.3 is 14.7 Å². The number of para-hydroxylation sites is 1. The number of H-pyrrole nitrogens is 1. The summed E-state index contributed by atoms with van der Waals surface area (Å²) in [6.07, 6.45) is 2.53. The molecule has 6 nitrogen and oxygen atoms in total. The second-order valence-corrected chi connectivity index (χ2v) is 5.97. The number of nitrogens with one attached hydrogen (secondary N) is 1.